The van der Waals surface area contributed by atoms with Gasteiger partial charge >= 0.3 is 0 Å². The first-order valence-corrected chi connectivity index (χ1v) is 6.89. The maximum atomic E-state index is 11.6. The molecule has 1 aromatic heterocycles. The molecular weight excluding hydrogens is 284 g/mol. The highest BCUT2D eigenvalue weighted by molar-refractivity contribution is 9.09. The Kier molecular flexibility index (Phi) is 6.62. The van der Waals surface area contributed by atoms with E-state index in [9.17, 15) is 9.59 Å². The van der Waals surface area contributed by atoms with Gasteiger partial charge in [-0.25, -0.2) is 0 Å². The van der Waals surface area contributed by atoms with Crippen LogP contribution >= 0.6 is 15.9 Å². The van der Waals surface area contributed by atoms with Gasteiger partial charge in [0.1, 0.15) is 0 Å². The van der Waals surface area contributed by atoms with Crippen LogP contribution in [0.25, 0.3) is 0 Å². The van der Waals surface area contributed by atoms with Gasteiger partial charge in [0.25, 0.3) is 5.91 Å². The third-order valence-corrected chi connectivity index (χ3v) is 2.95. The summed E-state index contributed by atoms with van der Waals surface area (Å²) in [6.45, 7) is 0.681. The molecule has 1 aromatic rings. The number of pyridine rings is 1. The minimum Gasteiger partial charge on any atom is -0.352 e. The Morgan fingerprint density at radius 2 is 2.00 bits per heavy atom. The molecular formula is C12H17BrN2O2. The molecule has 1 heterocycles. The first-order chi connectivity index (χ1) is 8.24. The predicted molar refractivity (Wildman–Crippen MR) is 71.7 cm³/mol. The molecule has 0 fully saturated rings. The van der Waals surface area contributed by atoms with Gasteiger partial charge in [-0.3, -0.25) is 9.59 Å². The molecule has 0 radical (unpaired) electrons. The number of alkyl halides is 1. The smallest absolute Gasteiger partial charge is 0.252 e. The van der Waals surface area contributed by atoms with Crippen molar-refractivity contribution < 1.29 is 4.79 Å². The Hall–Kier alpha value is -1.10. The van der Waals surface area contributed by atoms with Crippen molar-refractivity contribution >= 4 is 21.8 Å². The second-order valence-electron chi connectivity index (χ2n) is 3.80. The van der Waals surface area contributed by atoms with Crippen molar-refractivity contribution in [3.63, 3.8) is 0 Å². The molecule has 1 amide bonds. The van der Waals surface area contributed by atoms with Gasteiger partial charge in [0, 0.05) is 24.1 Å². The number of nitrogens with one attached hydrogen (secondary N) is 2. The molecule has 0 saturated heterocycles. The van der Waals surface area contributed by atoms with Crippen molar-refractivity contribution in [2.45, 2.75) is 25.7 Å². The Bertz CT molecular complexity index is 383. The van der Waals surface area contributed by atoms with Crippen molar-refractivity contribution in [1.29, 1.82) is 0 Å². The summed E-state index contributed by atoms with van der Waals surface area (Å²) in [5, 5.41) is 3.86. The van der Waals surface area contributed by atoms with E-state index in [1.807, 2.05) is 0 Å². The maximum Gasteiger partial charge on any atom is 0.252 e. The minimum absolute atomic E-state index is 0.137. The topological polar surface area (TPSA) is 62.0 Å². The lowest BCUT2D eigenvalue weighted by Gasteiger charge is -2.04. The fourth-order valence-electron chi connectivity index (χ4n) is 1.43. The van der Waals surface area contributed by atoms with Gasteiger partial charge in [-0.1, -0.05) is 28.8 Å². The highest BCUT2D eigenvalue weighted by Crippen LogP contribution is 2.01. The van der Waals surface area contributed by atoms with E-state index in [0.717, 1.165) is 18.2 Å². The number of rotatable bonds is 7. The highest BCUT2D eigenvalue weighted by Gasteiger charge is 2.03. The van der Waals surface area contributed by atoms with E-state index in [4.69, 9.17) is 0 Å². The quantitative estimate of drug-likeness (QED) is 0.598. The number of carbonyl (C=O) groups is 1. The summed E-state index contributed by atoms with van der Waals surface area (Å²) >= 11 is 3.38. The molecule has 0 aliphatic rings. The van der Waals surface area contributed by atoms with Gasteiger partial charge in [-0.2, -0.15) is 0 Å². The van der Waals surface area contributed by atoms with Crippen LogP contribution in [0.5, 0.6) is 0 Å². The molecule has 0 spiro atoms. The van der Waals surface area contributed by atoms with E-state index in [-0.39, 0.29) is 11.5 Å². The van der Waals surface area contributed by atoms with E-state index < -0.39 is 0 Å². The average molecular weight is 301 g/mol. The number of aromatic amines is 1. The Morgan fingerprint density at radius 3 is 2.65 bits per heavy atom. The second-order valence-corrected chi connectivity index (χ2v) is 4.59. The van der Waals surface area contributed by atoms with Crippen molar-refractivity contribution in [3.05, 3.63) is 34.2 Å². The number of H-pyrrole nitrogens is 1. The van der Waals surface area contributed by atoms with Crippen molar-refractivity contribution in [1.82, 2.24) is 10.3 Å². The number of aromatic nitrogens is 1. The maximum absolute atomic E-state index is 11.6. The lowest BCUT2D eigenvalue weighted by Crippen LogP contribution is -2.25. The second kappa shape index (κ2) is 8.06. The zero-order chi connectivity index (χ0) is 12.5. The number of hydrogen-bond acceptors (Lipinski definition) is 2. The third kappa shape index (κ3) is 5.68. The van der Waals surface area contributed by atoms with Crippen LogP contribution in [0.15, 0.2) is 23.1 Å². The summed E-state index contributed by atoms with van der Waals surface area (Å²) in [5.74, 6) is -0.137. The first-order valence-electron chi connectivity index (χ1n) is 5.77. The van der Waals surface area contributed by atoms with Gasteiger partial charge in [0.05, 0.1) is 5.56 Å². The molecule has 2 N–H and O–H groups in total. The first kappa shape index (κ1) is 14.0. The van der Waals surface area contributed by atoms with Crippen LogP contribution in [0.3, 0.4) is 0 Å². The van der Waals surface area contributed by atoms with Crippen LogP contribution in [0.1, 0.15) is 36.0 Å². The molecule has 0 aliphatic carbocycles. The van der Waals surface area contributed by atoms with Gasteiger partial charge in [-0.15, -0.1) is 0 Å². The van der Waals surface area contributed by atoms with Crippen LogP contribution in [0, 0.1) is 0 Å². The average Bonchev–Trinajstić information content (AvgIpc) is 2.34. The van der Waals surface area contributed by atoms with Crippen LogP contribution < -0.4 is 10.9 Å². The summed E-state index contributed by atoms with van der Waals surface area (Å²) in [7, 11) is 0. The number of amides is 1. The van der Waals surface area contributed by atoms with Crippen molar-refractivity contribution in [3.8, 4) is 0 Å². The van der Waals surface area contributed by atoms with Crippen molar-refractivity contribution in [2.24, 2.45) is 0 Å². The molecule has 0 unspecified atom stereocenters. The number of hydrogen-bond donors (Lipinski definition) is 2. The lowest BCUT2D eigenvalue weighted by atomic mass is 10.2. The van der Waals surface area contributed by atoms with Crippen molar-refractivity contribution in [2.75, 3.05) is 11.9 Å². The number of halogens is 1. The molecule has 0 aromatic carbocycles. The molecule has 17 heavy (non-hydrogen) atoms. The summed E-state index contributed by atoms with van der Waals surface area (Å²) < 4.78 is 0. The number of carbonyl (C=O) groups excluding carboxylic acids is 1. The van der Waals surface area contributed by atoms with Crippen LogP contribution in [0.4, 0.5) is 0 Å². The molecule has 94 valence electrons. The monoisotopic (exact) mass is 300 g/mol. The summed E-state index contributed by atoms with van der Waals surface area (Å²) in [6, 6.07) is 2.88. The standard InChI is InChI=1S/C12H17BrN2O2/c13-7-3-1-2-4-8-14-12(17)10-5-6-11(16)15-9-10/h5-6,9H,1-4,7-8H2,(H,14,17)(H,15,16). The molecule has 5 heteroatoms. The van der Waals surface area contributed by atoms with E-state index >= 15 is 0 Å². The van der Waals surface area contributed by atoms with Gasteiger partial charge in [0.15, 0.2) is 0 Å². The molecule has 0 atom stereocenters. The number of unbranched alkanes of at least 4 members (excludes halogenated alkanes) is 3. The molecule has 1 rings (SSSR count). The highest BCUT2D eigenvalue weighted by atomic mass is 79.9. The lowest BCUT2D eigenvalue weighted by molar-refractivity contribution is 0.0952. The van der Waals surface area contributed by atoms with Gasteiger partial charge in [0.2, 0.25) is 5.56 Å². The summed E-state index contributed by atoms with van der Waals surface area (Å²) in [4.78, 5) is 24.9. The molecule has 4 nitrogen and oxygen atoms in total. The van der Waals surface area contributed by atoms with Crippen LogP contribution in [-0.2, 0) is 0 Å². The van der Waals surface area contributed by atoms with Gasteiger partial charge < -0.3 is 10.3 Å². The third-order valence-electron chi connectivity index (χ3n) is 2.39. The molecule has 0 aliphatic heterocycles. The zero-order valence-corrected chi connectivity index (χ0v) is 11.3. The Labute approximate surface area is 109 Å². The predicted octanol–water partition coefficient (Wildman–Crippen LogP) is 2.06. The van der Waals surface area contributed by atoms with E-state index in [1.165, 1.54) is 31.2 Å². The van der Waals surface area contributed by atoms with E-state index in [1.54, 1.807) is 0 Å². The fraction of sp³-hybridized carbons (Fsp3) is 0.500. The van der Waals surface area contributed by atoms with Gasteiger partial charge in [-0.05, 0) is 18.9 Å². The minimum atomic E-state index is -0.198. The van der Waals surface area contributed by atoms with E-state index in [0.29, 0.717) is 12.1 Å². The van der Waals surface area contributed by atoms with E-state index in [2.05, 4.69) is 26.2 Å². The largest absolute Gasteiger partial charge is 0.352 e. The normalized spacial score (nSPS) is 10.2. The fourth-order valence-corrected chi connectivity index (χ4v) is 1.83. The molecule has 0 bridgehead atoms. The summed E-state index contributed by atoms with van der Waals surface area (Å²) in [6.07, 6.45) is 5.90. The van der Waals surface area contributed by atoms with Crippen LogP contribution in [-0.4, -0.2) is 22.8 Å². The Morgan fingerprint density at radius 1 is 1.24 bits per heavy atom. The zero-order valence-electron chi connectivity index (χ0n) is 9.67. The Balaban J connectivity index is 2.21. The van der Waals surface area contributed by atoms with Crippen LogP contribution in [0.2, 0.25) is 0 Å². The molecule has 0 saturated carbocycles. The SMILES string of the molecule is O=C(NCCCCCCBr)c1ccc(=O)[nH]c1. The summed E-state index contributed by atoms with van der Waals surface area (Å²) in [5.41, 5.74) is 0.293.